The number of methoxy groups -OCH3 is 1. The van der Waals surface area contributed by atoms with Gasteiger partial charge < -0.3 is 24.6 Å². The Morgan fingerprint density at radius 2 is 1.94 bits per heavy atom. The number of nitrogens with zero attached hydrogens (tertiary/aromatic N) is 2. The molecule has 5 rings (SSSR count). The number of carbonyl (C=O) groups is 2. The number of benzene rings is 2. The summed E-state index contributed by atoms with van der Waals surface area (Å²) in [6.07, 6.45) is 2.58. The Balaban J connectivity index is 1.31. The number of urea groups is 1. The summed E-state index contributed by atoms with van der Waals surface area (Å²) in [5.41, 5.74) is 1.71. The minimum absolute atomic E-state index is 0.0156. The maximum atomic E-state index is 13.6. The van der Waals surface area contributed by atoms with Gasteiger partial charge in [0.1, 0.15) is 13.2 Å². The molecule has 0 saturated heterocycles. The number of anilines is 1. The van der Waals surface area contributed by atoms with E-state index in [1.54, 1.807) is 47.6 Å². The number of hydrogen-bond donors (Lipinski definition) is 1. The van der Waals surface area contributed by atoms with E-state index < -0.39 is 0 Å². The van der Waals surface area contributed by atoms with Gasteiger partial charge in [0.15, 0.2) is 11.5 Å². The van der Waals surface area contributed by atoms with Crippen molar-refractivity contribution in [2.75, 3.05) is 32.1 Å². The first-order chi connectivity index (χ1) is 17.5. The van der Waals surface area contributed by atoms with Gasteiger partial charge in [0, 0.05) is 28.2 Å². The number of para-hydroxylation sites is 2. The molecule has 2 aliphatic rings. The van der Waals surface area contributed by atoms with E-state index in [1.807, 2.05) is 29.2 Å². The third-order valence-corrected chi connectivity index (χ3v) is 7.74. The van der Waals surface area contributed by atoms with Gasteiger partial charge in [-0.15, -0.1) is 11.3 Å². The maximum Gasteiger partial charge on any atom is 0.322 e. The van der Waals surface area contributed by atoms with Crippen LogP contribution < -0.4 is 14.8 Å². The monoisotopic (exact) mass is 525 g/mol. The lowest BCUT2D eigenvalue weighted by atomic mass is 10.0. The molecule has 36 heavy (non-hydrogen) atoms. The Bertz CT molecular complexity index is 1250. The Labute approximate surface area is 219 Å². The van der Waals surface area contributed by atoms with Crippen molar-refractivity contribution >= 4 is 40.6 Å². The summed E-state index contributed by atoms with van der Waals surface area (Å²) in [5, 5.41) is 5.49. The Hall–Kier alpha value is -3.23. The minimum Gasteiger partial charge on any atom is -0.493 e. The second-order valence-electron chi connectivity index (χ2n) is 8.91. The van der Waals surface area contributed by atoms with Crippen molar-refractivity contribution in [1.82, 2.24) is 9.80 Å². The summed E-state index contributed by atoms with van der Waals surface area (Å²) in [5.74, 6) is 1.19. The number of fused-ring (bicyclic) bond motifs is 1. The molecule has 2 heterocycles. The van der Waals surface area contributed by atoms with Crippen LogP contribution in [0.25, 0.3) is 0 Å². The molecule has 1 fully saturated rings. The number of nitrogens with one attached hydrogen (secondary N) is 1. The third kappa shape index (κ3) is 5.44. The molecular formula is C27H28ClN3O4S. The number of thiophene rings is 1. The average molecular weight is 526 g/mol. The molecule has 0 bridgehead atoms. The fourth-order valence-electron chi connectivity index (χ4n) is 4.53. The van der Waals surface area contributed by atoms with Crippen LogP contribution in [0.2, 0.25) is 5.02 Å². The predicted molar refractivity (Wildman–Crippen MR) is 141 cm³/mol. The predicted octanol–water partition coefficient (Wildman–Crippen LogP) is 5.61. The highest BCUT2D eigenvalue weighted by atomic mass is 35.5. The molecular weight excluding hydrogens is 498 g/mol. The zero-order valence-corrected chi connectivity index (χ0v) is 21.6. The molecule has 2 aromatic carbocycles. The van der Waals surface area contributed by atoms with Crippen LogP contribution in [0.3, 0.4) is 0 Å². The smallest absolute Gasteiger partial charge is 0.322 e. The van der Waals surface area contributed by atoms with Crippen molar-refractivity contribution in [3.8, 4) is 11.5 Å². The Kier molecular flexibility index (Phi) is 7.34. The van der Waals surface area contributed by atoms with Crippen LogP contribution in [0, 0.1) is 0 Å². The molecule has 1 aliphatic heterocycles. The lowest BCUT2D eigenvalue weighted by Gasteiger charge is -2.37. The Morgan fingerprint density at radius 1 is 1.14 bits per heavy atom. The van der Waals surface area contributed by atoms with Crippen molar-refractivity contribution in [2.24, 2.45) is 0 Å². The molecule has 188 valence electrons. The van der Waals surface area contributed by atoms with Gasteiger partial charge in [0.25, 0.3) is 0 Å². The van der Waals surface area contributed by atoms with Crippen LogP contribution >= 0.6 is 22.9 Å². The van der Waals surface area contributed by atoms with E-state index in [9.17, 15) is 9.59 Å². The molecule has 1 N–H and O–H groups in total. The molecule has 3 aromatic rings. The van der Waals surface area contributed by atoms with Crippen LogP contribution in [0.5, 0.6) is 11.5 Å². The summed E-state index contributed by atoms with van der Waals surface area (Å²) >= 11 is 7.77. The topological polar surface area (TPSA) is 71.1 Å². The van der Waals surface area contributed by atoms with Crippen molar-refractivity contribution in [1.29, 1.82) is 0 Å². The summed E-state index contributed by atoms with van der Waals surface area (Å²) in [6.45, 7) is 0.899. The lowest BCUT2D eigenvalue weighted by Crippen LogP contribution is -2.49. The number of amides is 3. The average Bonchev–Trinajstić information content (AvgIpc) is 3.61. The van der Waals surface area contributed by atoms with Crippen molar-refractivity contribution in [2.45, 2.75) is 31.3 Å². The first-order valence-electron chi connectivity index (χ1n) is 12.0. The van der Waals surface area contributed by atoms with E-state index in [4.69, 9.17) is 21.1 Å². The summed E-state index contributed by atoms with van der Waals surface area (Å²) in [4.78, 5) is 31.5. The van der Waals surface area contributed by atoms with Gasteiger partial charge in [-0.2, -0.15) is 0 Å². The molecule has 7 nitrogen and oxygen atoms in total. The summed E-state index contributed by atoms with van der Waals surface area (Å²) < 4.78 is 11.6. The van der Waals surface area contributed by atoms with Crippen LogP contribution in [-0.4, -0.2) is 54.6 Å². The van der Waals surface area contributed by atoms with Crippen LogP contribution in [0.4, 0.5) is 10.5 Å². The Morgan fingerprint density at radius 3 is 2.69 bits per heavy atom. The van der Waals surface area contributed by atoms with Crippen molar-refractivity contribution in [3.63, 3.8) is 0 Å². The molecule has 1 aromatic heterocycles. The SMILES string of the molecule is COc1ccccc1OC[C@@H]1c2ccsc2CCN1C(=O)CN(C(=O)Nc1cccc(Cl)c1)C1CC1. The zero-order valence-electron chi connectivity index (χ0n) is 20.0. The van der Waals surface area contributed by atoms with Gasteiger partial charge >= 0.3 is 6.03 Å². The van der Waals surface area contributed by atoms with Gasteiger partial charge in [0.05, 0.1) is 13.2 Å². The van der Waals surface area contributed by atoms with E-state index in [2.05, 4.69) is 16.8 Å². The van der Waals surface area contributed by atoms with Crippen LogP contribution in [-0.2, 0) is 11.2 Å². The standard InChI is InChI=1S/C27H28ClN3O4S/c1-34-23-7-2-3-8-24(23)35-17-22-21-12-14-36-25(21)11-13-30(22)26(32)16-31(20-9-10-20)27(33)29-19-6-4-5-18(28)15-19/h2-8,12,14-15,20,22H,9-11,13,16-17H2,1H3,(H,29,33)/t22-/m1/s1. The van der Waals surface area contributed by atoms with Crippen LogP contribution in [0.15, 0.2) is 60.0 Å². The fourth-order valence-corrected chi connectivity index (χ4v) is 5.65. The molecule has 1 saturated carbocycles. The quantitative estimate of drug-likeness (QED) is 0.415. The number of hydrogen-bond acceptors (Lipinski definition) is 5. The van der Waals surface area contributed by atoms with E-state index in [0.717, 1.165) is 24.8 Å². The molecule has 9 heteroatoms. The highest BCUT2D eigenvalue weighted by Crippen LogP contribution is 2.36. The molecule has 1 aliphatic carbocycles. The van der Waals surface area contributed by atoms with Crippen LogP contribution in [0.1, 0.15) is 29.3 Å². The van der Waals surface area contributed by atoms with Gasteiger partial charge in [-0.05, 0) is 66.6 Å². The second-order valence-corrected chi connectivity index (χ2v) is 10.4. The molecule has 0 spiro atoms. The third-order valence-electron chi connectivity index (χ3n) is 6.51. The van der Waals surface area contributed by atoms with Gasteiger partial charge in [-0.25, -0.2) is 4.79 Å². The van der Waals surface area contributed by atoms with E-state index in [1.165, 1.54) is 4.88 Å². The number of rotatable bonds is 8. The van der Waals surface area contributed by atoms with Crippen molar-refractivity contribution in [3.05, 3.63) is 75.4 Å². The lowest BCUT2D eigenvalue weighted by molar-refractivity contribution is -0.135. The first-order valence-corrected chi connectivity index (χ1v) is 13.2. The van der Waals surface area contributed by atoms with Gasteiger partial charge in [0.2, 0.25) is 5.91 Å². The normalized spacial score (nSPS) is 16.7. The van der Waals surface area contributed by atoms with E-state index in [-0.39, 0.29) is 30.6 Å². The number of ether oxygens (including phenoxy) is 2. The summed E-state index contributed by atoms with van der Waals surface area (Å²) in [6, 6.07) is 16.1. The zero-order chi connectivity index (χ0) is 25.1. The maximum absolute atomic E-state index is 13.6. The highest BCUT2D eigenvalue weighted by Gasteiger charge is 2.38. The second kappa shape index (κ2) is 10.8. The molecule has 0 radical (unpaired) electrons. The number of halogens is 1. The van der Waals surface area contributed by atoms with Gasteiger partial charge in [-0.3, -0.25) is 4.79 Å². The minimum atomic E-state index is -0.289. The van der Waals surface area contributed by atoms with Gasteiger partial charge in [-0.1, -0.05) is 29.8 Å². The van der Waals surface area contributed by atoms with E-state index >= 15 is 0 Å². The molecule has 0 unspecified atom stereocenters. The fraction of sp³-hybridized carbons (Fsp3) is 0.333. The molecule has 3 amide bonds. The highest BCUT2D eigenvalue weighted by molar-refractivity contribution is 7.10. The number of carbonyl (C=O) groups excluding carboxylic acids is 2. The first kappa shape index (κ1) is 24.5. The summed E-state index contributed by atoms with van der Waals surface area (Å²) in [7, 11) is 1.61. The largest absolute Gasteiger partial charge is 0.493 e. The van der Waals surface area contributed by atoms with E-state index in [0.29, 0.717) is 35.4 Å². The van der Waals surface area contributed by atoms with Crippen molar-refractivity contribution < 1.29 is 19.1 Å². The molecule has 1 atom stereocenters.